The molecule has 0 saturated carbocycles. The molecule has 5 nitrogen and oxygen atoms in total. The molecule has 0 spiro atoms. The molecule has 4 rings (SSSR count). The van der Waals surface area contributed by atoms with Gasteiger partial charge in [0.1, 0.15) is 0 Å². The number of rotatable bonds is 2. The Morgan fingerprint density at radius 3 is 2.88 bits per heavy atom. The van der Waals surface area contributed by atoms with Gasteiger partial charge in [-0.1, -0.05) is 24.3 Å². The molecule has 2 aromatic rings. The third-order valence-electron chi connectivity index (χ3n) is 4.79. The molecular weight excluding hydrogens is 348 g/mol. The fourth-order valence-corrected chi connectivity index (χ4v) is 4.67. The molecule has 1 N–H and O–H groups in total. The summed E-state index contributed by atoms with van der Waals surface area (Å²) >= 11 is 1.94. The summed E-state index contributed by atoms with van der Waals surface area (Å²) < 4.78 is 10.7. The van der Waals surface area contributed by atoms with Crippen LogP contribution in [0.2, 0.25) is 0 Å². The largest absolute Gasteiger partial charge is 0.454 e. The van der Waals surface area contributed by atoms with Crippen LogP contribution in [0.1, 0.15) is 22.8 Å². The number of carbonyl (C=O) groups is 1. The van der Waals surface area contributed by atoms with Gasteiger partial charge in [-0.2, -0.15) is 11.8 Å². The van der Waals surface area contributed by atoms with Crippen LogP contribution in [0.15, 0.2) is 42.5 Å². The number of hydrogen-bond donors (Lipinski definition) is 1. The highest BCUT2D eigenvalue weighted by Gasteiger charge is 2.23. The number of nitrogens with zero attached hydrogens (tertiary/aromatic N) is 1. The van der Waals surface area contributed by atoms with Gasteiger partial charge in [0.05, 0.1) is 0 Å². The monoisotopic (exact) mass is 370 g/mol. The Balaban J connectivity index is 1.39. The number of ether oxygens (including phenoxy) is 2. The van der Waals surface area contributed by atoms with Gasteiger partial charge in [0.15, 0.2) is 11.5 Å². The van der Waals surface area contributed by atoms with E-state index in [1.165, 1.54) is 11.1 Å². The number of hydrogen-bond acceptors (Lipinski definition) is 4. The third-order valence-corrected chi connectivity index (χ3v) is 6.10. The molecule has 2 aliphatic heterocycles. The molecule has 0 aliphatic carbocycles. The van der Waals surface area contributed by atoms with Crippen LogP contribution in [0.4, 0.5) is 10.5 Å². The van der Waals surface area contributed by atoms with E-state index in [2.05, 4.69) is 36.5 Å². The van der Waals surface area contributed by atoms with Gasteiger partial charge in [-0.3, -0.25) is 0 Å². The van der Waals surface area contributed by atoms with Crippen molar-refractivity contribution in [1.82, 2.24) is 4.90 Å². The Labute approximate surface area is 157 Å². The second kappa shape index (κ2) is 7.50. The number of benzene rings is 2. The van der Waals surface area contributed by atoms with Gasteiger partial charge in [0, 0.05) is 35.8 Å². The van der Waals surface area contributed by atoms with Crippen molar-refractivity contribution in [1.29, 1.82) is 0 Å². The zero-order valence-corrected chi connectivity index (χ0v) is 15.6. The fourth-order valence-electron chi connectivity index (χ4n) is 3.35. The molecule has 1 atom stereocenters. The van der Waals surface area contributed by atoms with Crippen LogP contribution in [0.25, 0.3) is 0 Å². The molecule has 2 amide bonds. The molecule has 0 radical (unpaired) electrons. The van der Waals surface area contributed by atoms with Crippen molar-refractivity contribution < 1.29 is 14.3 Å². The van der Waals surface area contributed by atoms with Crippen molar-refractivity contribution in [3.8, 4) is 11.5 Å². The van der Waals surface area contributed by atoms with E-state index in [1.807, 2.05) is 34.9 Å². The lowest BCUT2D eigenvalue weighted by atomic mass is 10.0. The summed E-state index contributed by atoms with van der Waals surface area (Å²) in [6, 6.07) is 13.9. The average Bonchev–Trinajstić information content (AvgIpc) is 2.97. The normalized spacial score (nSPS) is 19.1. The number of anilines is 1. The maximum atomic E-state index is 12.7. The second-order valence-corrected chi connectivity index (χ2v) is 7.80. The highest BCUT2D eigenvalue weighted by Crippen LogP contribution is 2.36. The first-order valence-electron chi connectivity index (χ1n) is 8.83. The molecule has 1 fully saturated rings. The van der Waals surface area contributed by atoms with Gasteiger partial charge in [0.2, 0.25) is 6.79 Å². The number of thioether (sulfide) groups is 1. The molecule has 6 heteroatoms. The van der Waals surface area contributed by atoms with Crippen LogP contribution in [0.5, 0.6) is 11.5 Å². The minimum atomic E-state index is -0.0603. The predicted octanol–water partition coefficient (Wildman–Crippen LogP) is 4.44. The van der Waals surface area contributed by atoms with Gasteiger partial charge in [-0.25, -0.2) is 4.79 Å². The van der Waals surface area contributed by atoms with Crippen LogP contribution in [-0.2, 0) is 0 Å². The first-order chi connectivity index (χ1) is 12.7. The van der Waals surface area contributed by atoms with Crippen molar-refractivity contribution in [2.75, 3.05) is 31.0 Å². The SMILES string of the molecule is Cc1ccccc1C1CCN(C(=O)Nc2ccc3c(c2)OCO3)CCS1. The van der Waals surface area contributed by atoms with Crippen molar-refractivity contribution in [3.63, 3.8) is 0 Å². The molecule has 1 unspecified atom stereocenters. The molecule has 136 valence electrons. The van der Waals surface area contributed by atoms with Crippen LogP contribution in [0.3, 0.4) is 0 Å². The second-order valence-electron chi connectivity index (χ2n) is 6.49. The topological polar surface area (TPSA) is 50.8 Å². The van der Waals surface area contributed by atoms with E-state index in [-0.39, 0.29) is 12.8 Å². The van der Waals surface area contributed by atoms with Gasteiger partial charge in [-0.15, -0.1) is 0 Å². The lowest BCUT2D eigenvalue weighted by Crippen LogP contribution is -2.36. The van der Waals surface area contributed by atoms with Gasteiger partial charge >= 0.3 is 6.03 Å². The molecule has 2 heterocycles. The quantitative estimate of drug-likeness (QED) is 0.849. The number of carbonyl (C=O) groups excluding carboxylic acids is 1. The van der Waals surface area contributed by atoms with E-state index in [9.17, 15) is 4.79 Å². The van der Waals surface area contributed by atoms with Crippen LogP contribution in [-0.4, -0.2) is 36.6 Å². The van der Waals surface area contributed by atoms with Crippen LogP contribution >= 0.6 is 11.8 Å². The Kier molecular flexibility index (Phi) is 4.93. The highest BCUT2D eigenvalue weighted by atomic mass is 32.2. The predicted molar refractivity (Wildman–Crippen MR) is 104 cm³/mol. The third kappa shape index (κ3) is 3.60. The molecule has 0 bridgehead atoms. The smallest absolute Gasteiger partial charge is 0.321 e. The van der Waals surface area contributed by atoms with Crippen molar-refractivity contribution in [2.45, 2.75) is 18.6 Å². The van der Waals surface area contributed by atoms with E-state index in [4.69, 9.17) is 9.47 Å². The standard InChI is InChI=1S/C20H22N2O3S/c1-14-4-2-3-5-16(14)19-8-9-22(10-11-26-19)20(23)21-15-6-7-17-18(12-15)25-13-24-17/h2-7,12,19H,8-11,13H2,1H3,(H,21,23). The molecule has 26 heavy (non-hydrogen) atoms. The van der Waals surface area contributed by atoms with Crippen molar-refractivity contribution in [2.24, 2.45) is 0 Å². The first kappa shape index (κ1) is 17.1. The average molecular weight is 370 g/mol. The number of urea groups is 1. The molecular formula is C20H22N2O3S. The van der Waals surface area contributed by atoms with Gasteiger partial charge in [-0.05, 0) is 36.6 Å². The first-order valence-corrected chi connectivity index (χ1v) is 9.88. The van der Waals surface area contributed by atoms with Crippen molar-refractivity contribution >= 4 is 23.5 Å². The summed E-state index contributed by atoms with van der Waals surface area (Å²) in [6.45, 7) is 3.90. The van der Waals surface area contributed by atoms with E-state index in [0.29, 0.717) is 11.0 Å². The van der Waals surface area contributed by atoms with E-state index in [1.54, 1.807) is 0 Å². The lowest BCUT2D eigenvalue weighted by molar-refractivity contribution is 0.174. The zero-order valence-electron chi connectivity index (χ0n) is 14.7. The van der Waals surface area contributed by atoms with E-state index < -0.39 is 0 Å². The fraction of sp³-hybridized carbons (Fsp3) is 0.350. The number of amides is 2. The Bertz CT molecular complexity index is 811. The Morgan fingerprint density at radius 2 is 2.00 bits per heavy atom. The number of nitrogens with one attached hydrogen (secondary N) is 1. The summed E-state index contributed by atoms with van der Waals surface area (Å²) in [4.78, 5) is 14.6. The molecule has 0 aromatic heterocycles. The van der Waals surface area contributed by atoms with Gasteiger partial charge in [0.25, 0.3) is 0 Å². The summed E-state index contributed by atoms with van der Waals surface area (Å²) in [5.41, 5.74) is 3.44. The maximum Gasteiger partial charge on any atom is 0.321 e. The summed E-state index contributed by atoms with van der Waals surface area (Å²) in [6.07, 6.45) is 0.962. The van der Waals surface area contributed by atoms with E-state index >= 15 is 0 Å². The summed E-state index contributed by atoms with van der Waals surface area (Å²) in [5, 5.41) is 3.42. The van der Waals surface area contributed by atoms with Gasteiger partial charge < -0.3 is 19.7 Å². The number of fused-ring (bicyclic) bond motifs is 1. The van der Waals surface area contributed by atoms with Crippen molar-refractivity contribution in [3.05, 3.63) is 53.6 Å². The van der Waals surface area contributed by atoms with Crippen LogP contribution in [0, 0.1) is 6.92 Å². The minimum absolute atomic E-state index is 0.0603. The minimum Gasteiger partial charge on any atom is -0.454 e. The summed E-state index contributed by atoms with van der Waals surface area (Å²) in [7, 11) is 0. The highest BCUT2D eigenvalue weighted by molar-refractivity contribution is 7.99. The molecule has 2 aliphatic rings. The van der Waals surface area contributed by atoms with Crippen LogP contribution < -0.4 is 14.8 Å². The maximum absolute atomic E-state index is 12.7. The Hall–Kier alpha value is -2.34. The lowest BCUT2D eigenvalue weighted by Gasteiger charge is -2.21. The van der Waals surface area contributed by atoms with E-state index in [0.717, 1.165) is 36.7 Å². The molecule has 2 aromatic carbocycles. The molecule has 1 saturated heterocycles. The summed E-state index contributed by atoms with van der Waals surface area (Å²) in [5.74, 6) is 2.33. The number of aryl methyl sites for hydroxylation is 1. The Morgan fingerprint density at radius 1 is 1.15 bits per heavy atom. The zero-order chi connectivity index (χ0) is 17.9.